The molecule has 0 aliphatic heterocycles. The fraction of sp³-hybridized carbons (Fsp3) is 0.120. The predicted molar refractivity (Wildman–Crippen MR) is 130 cm³/mol. The van der Waals surface area contributed by atoms with Crippen molar-refractivity contribution in [3.63, 3.8) is 0 Å². The summed E-state index contributed by atoms with van der Waals surface area (Å²) in [6.45, 7) is 3.46. The topological polar surface area (TPSA) is 115 Å². The maximum Gasteiger partial charge on any atom is 0.416 e. The number of guanidine groups is 1. The third kappa shape index (κ3) is 6.40. The highest BCUT2D eigenvalue weighted by Gasteiger charge is 2.31. The first-order chi connectivity index (χ1) is 16.8. The van der Waals surface area contributed by atoms with Crippen molar-refractivity contribution in [2.75, 3.05) is 4.42 Å². The summed E-state index contributed by atoms with van der Waals surface area (Å²) < 4.78 is 41.0. The first-order valence-corrected chi connectivity index (χ1v) is 10.6. The second kappa shape index (κ2) is 10.5. The molecule has 0 atom stereocenters. The Bertz CT molecular complexity index is 1440. The third-order valence-electron chi connectivity index (χ3n) is 4.81. The van der Waals surface area contributed by atoms with Gasteiger partial charge >= 0.3 is 6.18 Å². The van der Waals surface area contributed by atoms with E-state index < -0.39 is 29.5 Å². The van der Waals surface area contributed by atoms with Crippen LogP contribution in [0.3, 0.4) is 0 Å². The number of benzene rings is 2. The monoisotopic (exact) mass is 513 g/mol. The molecule has 0 aliphatic carbocycles. The number of anilines is 1. The smallest absolute Gasteiger partial charge is 0.370 e. The Morgan fingerprint density at radius 3 is 2.33 bits per heavy atom. The van der Waals surface area contributed by atoms with Gasteiger partial charge < -0.3 is 11.5 Å². The number of aromatic nitrogens is 1. The zero-order valence-electron chi connectivity index (χ0n) is 19.0. The maximum absolute atomic E-state index is 13.4. The highest BCUT2D eigenvalue weighted by atomic mass is 35.5. The minimum Gasteiger partial charge on any atom is -0.370 e. The Labute approximate surface area is 209 Å². The lowest BCUT2D eigenvalue weighted by Gasteiger charge is -2.15. The molecule has 1 heterocycles. The van der Waals surface area contributed by atoms with E-state index in [0.29, 0.717) is 22.9 Å². The molecule has 11 heteroatoms. The van der Waals surface area contributed by atoms with Crippen LogP contribution in [-0.2, 0) is 6.18 Å². The number of nitrogens with zero attached hydrogens (tertiary/aromatic N) is 3. The van der Waals surface area contributed by atoms with E-state index in [9.17, 15) is 22.8 Å². The van der Waals surface area contributed by atoms with Crippen LogP contribution in [0.5, 0.6) is 0 Å². The number of aryl methyl sites for hydroxylation is 2. The van der Waals surface area contributed by atoms with Gasteiger partial charge in [-0.2, -0.15) is 22.6 Å². The fourth-order valence-electron chi connectivity index (χ4n) is 3.09. The van der Waals surface area contributed by atoms with Crippen molar-refractivity contribution in [2.24, 2.45) is 16.5 Å². The second-order valence-electron chi connectivity index (χ2n) is 7.64. The van der Waals surface area contributed by atoms with Gasteiger partial charge in [-0.3, -0.25) is 9.59 Å². The zero-order valence-corrected chi connectivity index (χ0v) is 19.8. The molecule has 184 valence electrons. The Kier molecular flexibility index (Phi) is 7.65. The van der Waals surface area contributed by atoms with Crippen LogP contribution >= 0.6 is 11.8 Å². The largest absolute Gasteiger partial charge is 0.416 e. The van der Waals surface area contributed by atoms with Crippen molar-refractivity contribution < 1.29 is 22.8 Å². The van der Waals surface area contributed by atoms with E-state index in [0.717, 1.165) is 16.6 Å². The number of amides is 2. The van der Waals surface area contributed by atoms with Crippen molar-refractivity contribution in [2.45, 2.75) is 20.0 Å². The molecule has 1 aromatic heterocycles. The summed E-state index contributed by atoms with van der Waals surface area (Å²) in [5.74, 6) is 3.36. The van der Waals surface area contributed by atoms with Gasteiger partial charge in [0.05, 0.1) is 5.56 Å². The second-order valence-corrected chi connectivity index (χ2v) is 7.98. The van der Waals surface area contributed by atoms with Crippen LogP contribution in [0.15, 0.2) is 59.6 Å². The summed E-state index contributed by atoms with van der Waals surface area (Å²) >= 11 is 6.22. The van der Waals surface area contributed by atoms with Gasteiger partial charge in [-0.1, -0.05) is 24.0 Å². The molecule has 2 amide bonds. The molecule has 4 N–H and O–H groups in total. The van der Waals surface area contributed by atoms with Crippen LogP contribution in [0.4, 0.5) is 19.0 Å². The molecule has 36 heavy (non-hydrogen) atoms. The molecule has 3 aromatic rings. The summed E-state index contributed by atoms with van der Waals surface area (Å²) in [5.41, 5.74) is 10.6. The number of hydrogen-bond donors (Lipinski definition) is 2. The average Bonchev–Trinajstić information content (AvgIpc) is 2.81. The minimum atomic E-state index is -4.73. The van der Waals surface area contributed by atoms with Crippen molar-refractivity contribution in [1.82, 2.24) is 4.98 Å². The molecular weight excluding hydrogens is 495 g/mol. The maximum atomic E-state index is 13.4. The number of alkyl halides is 3. The first kappa shape index (κ1) is 26.2. The molecule has 3 rings (SSSR count). The summed E-state index contributed by atoms with van der Waals surface area (Å²) in [4.78, 5) is 32.6. The van der Waals surface area contributed by atoms with Gasteiger partial charge in [0.25, 0.3) is 11.8 Å². The van der Waals surface area contributed by atoms with E-state index in [1.54, 1.807) is 44.2 Å². The van der Waals surface area contributed by atoms with Gasteiger partial charge in [0, 0.05) is 39.7 Å². The Hall–Kier alpha value is -4.36. The van der Waals surface area contributed by atoms with E-state index in [1.807, 2.05) is 0 Å². The highest BCUT2D eigenvalue weighted by Crippen LogP contribution is 2.31. The molecular formula is C25H19ClF3N5O2. The summed E-state index contributed by atoms with van der Waals surface area (Å²) in [7, 11) is 0. The van der Waals surface area contributed by atoms with E-state index in [-0.39, 0.29) is 22.5 Å². The van der Waals surface area contributed by atoms with Crippen molar-refractivity contribution >= 4 is 35.4 Å². The molecule has 0 saturated carbocycles. The normalized spacial score (nSPS) is 10.7. The standard InChI is InChI=1S/C25H19ClF3N5O2/c1-14-6-7-16(12-20(14)23(36)34(26)21-5-3-4-15(2)32-21)8-9-17-10-18(22(35)33-24(30)31)13-19(11-17)25(27,28)29/h3-7,10-13H,1-2H3,(H4,30,31,33,35). The molecule has 0 saturated heterocycles. The quantitative estimate of drug-likeness (QED) is 0.234. The van der Waals surface area contributed by atoms with Gasteiger partial charge in [0.1, 0.15) is 0 Å². The van der Waals surface area contributed by atoms with Gasteiger partial charge in [0.2, 0.25) is 0 Å². The summed E-state index contributed by atoms with van der Waals surface area (Å²) in [5, 5.41) is 0. The SMILES string of the molecule is Cc1cccc(N(Cl)C(=O)c2cc(C#Cc3cc(C(=O)N=C(N)N)cc(C(F)(F)F)c3)ccc2C)n1. The molecule has 2 aromatic carbocycles. The molecule has 0 unspecified atom stereocenters. The predicted octanol–water partition coefficient (Wildman–Crippen LogP) is 4.33. The van der Waals surface area contributed by atoms with Crippen LogP contribution in [0, 0.1) is 25.7 Å². The lowest BCUT2D eigenvalue weighted by atomic mass is 10.0. The first-order valence-electron chi connectivity index (χ1n) is 10.3. The van der Waals surface area contributed by atoms with E-state index in [4.69, 9.17) is 23.2 Å². The van der Waals surface area contributed by atoms with Gasteiger partial charge in [-0.05, 0) is 61.9 Å². The molecule has 0 aliphatic rings. The number of carbonyl (C=O) groups is 2. The summed E-state index contributed by atoms with van der Waals surface area (Å²) in [6.07, 6.45) is -4.73. The number of rotatable bonds is 3. The van der Waals surface area contributed by atoms with Crippen LogP contribution in [0.25, 0.3) is 0 Å². The van der Waals surface area contributed by atoms with Crippen LogP contribution < -0.4 is 15.9 Å². The molecule has 0 bridgehead atoms. The molecule has 0 radical (unpaired) electrons. The van der Waals surface area contributed by atoms with Crippen molar-refractivity contribution in [1.29, 1.82) is 0 Å². The highest BCUT2D eigenvalue weighted by molar-refractivity contribution is 6.39. The van der Waals surface area contributed by atoms with Crippen molar-refractivity contribution in [3.8, 4) is 11.8 Å². The number of carbonyl (C=O) groups excluding carboxylic acids is 2. The number of nitrogens with two attached hydrogens (primary N) is 2. The number of hydrogen-bond acceptors (Lipinski definition) is 3. The fourth-order valence-corrected chi connectivity index (χ4v) is 3.28. The van der Waals surface area contributed by atoms with E-state index in [2.05, 4.69) is 21.8 Å². The molecule has 0 fully saturated rings. The van der Waals surface area contributed by atoms with Gasteiger partial charge in [-0.15, -0.1) is 0 Å². The Balaban J connectivity index is 1.99. The number of aliphatic imine (C=N–C) groups is 1. The van der Waals surface area contributed by atoms with Gasteiger partial charge in [0.15, 0.2) is 11.8 Å². The van der Waals surface area contributed by atoms with Gasteiger partial charge in [-0.25, -0.2) is 4.98 Å². The number of pyridine rings is 1. The lowest BCUT2D eigenvalue weighted by molar-refractivity contribution is -0.137. The van der Waals surface area contributed by atoms with Crippen LogP contribution in [-0.4, -0.2) is 22.8 Å². The Morgan fingerprint density at radius 2 is 1.69 bits per heavy atom. The van der Waals surface area contributed by atoms with Crippen LogP contribution in [0.2, 0.25) is 0 Å². The molecule has 0 spiro atoms. The third-order valence-corrected chi connectivity index (χ3v) is 5.14. The lowest BCUT2D eigenvalue weighted by Crippen LogP contribution is -2.24. The van der Waals surface area contributed by atoms with Crippen LogP contribution in [0.1, 0.15) is 48.7 Å². The average molecular weight is 514 g/mol. The van der Waals surface area contributed by atoms with E-state index >= 15 is 0 Å². The molecule has 7 nitrogen and oxygen atoms in total. The minimum absolute atomic E-state index is 0.102. The van der Waals surface area contributed by atoms with E-state index in [1.165, 1.54) is 6.07 Å². The van der Waals surface area contributed by atoms with Crippen molar-refractivity contribution in [3.05, 3.63) is 93.7 Å². The zero-order chi connectivity index (χ0) is 26.6. The Morgan fingerprint density at radius 1 is 1.00 bits per heavy atom. The summed E-state index contributed by atoms with van der Waals surface area (Å²) in [6, 6.07) is 12.3. The number of halogens is 4.